The normalized spacial score (nSPS) is 10.6. The molecule has 0 aliphatic heterocycles. The van der Waals surface area contributed by atoms with Crippen LogP contribution in [0.15, 0.2) is 53.5 Å². The largest absolute Gasteiger partial charge is 0.497 e. The van der Waals surface area contributed by atoms with Crippen LogP contribution in [0.25, 0.3) is 0 Å². The zero-order valence-electron chi connectivity index (χ0n) is 16.0. The smallest absolute Gasteiger partial charge is 0.191 e. The van der Waals surface area contributed by atoms with E-state index in [0.29, 0.717) is 13.2 Å². The molecule has 7 heteroatoms. The molecule has 0 heterocycles. The second kappa shape index (κ2) is 13.1. The first-order valence-corrected chi connectivity index (χ1v) is 8.59. The number of halogens is 1. The molecule has 0 fully saturated rings. The van der Waals surface area contributed by atoms with Gasteiger partial charge in [-0.1, -0.05) is 12.1 Å². The lowest BCUT2D eigenvalue weighted by atomic mass is 10.2. The first-order chi connectivity index (χ1) is 12.7. The van der Waals surface area contributed by atoms with E-state index in [2.05, 4.69) is 15.6 Å². The molecule has 0 spiro atoms. The Kier molecular flexibility index (Phi) is 11.1. The molecule has 0 saturated heterocycles. The highest BCUT2D eigenvalue weighted by molar-refractivity contribution is 14.0. The molecule has 0 radical (unpaired) electrons. The van der Waals surface area contributed by atoms with Crippen molar-refractivity contribution in [3.8, 4) is 17.2 Å². The van der Waals surface area contributed by atoms with Crippen molar-refractivity contribution in [2.45, 2.75) is 13.0 Å². The van der Waals surface area contributed by atoms with Gasteiger partial charge >= 0.3 is 0 Å². The maximum atomic E-state index is 5.70. The van der Waals surface area contributed by atoms with Crippen LogP contribution in [0.1, 0.15) is 12.0 Å². The van der Waals surface area contributed by atoms with Crippen molar-refractivity contribution in [3.05, 3.63) is 54.1 Å². The maximum Gasteiger partial charge on any atom is 0.191 e. The molecule has 0 aliphatic carbocycles. The van der Waals surface area contributed by atoms with Gasteiger partial charge in [0, 0.05) is 20.1 Å². The van der Waals surface area contributed by atoms with E-state index < -0.39 is 0 Å². The van der Waals surface area contributed by atoms with Gasteiger partial charge in [0.15, 0.2) is 5.96 Å². The summed E-state index contributed by atoms with van der Waals surface area (Å²) in [5, 5.41) is 6.57. The third kappa shape index (κ3) is 8.38. The van der Waals surface area contributed by atoms with Gasteiger partial charge in [0.25, 0.3) is 0 Å². The molecule has 0 unspecified atom stereocenters. The Morgan fingerprint density at radius 2 is 1.41 bits per heavy atom. The average Bonchev–Trinajstić information content (AvgIpc) is 2.71. The zero-order valence-corrected chi connectivity index (χ0v) is 18.4. The second-order valence-electron chi connectivity index (χ2n) is 5.58. The Labute approximate surface area is 178 Å². The van der Waals surface area contributed by atoms with E-state index in [9.17, 15) is 0 Å². The molecule has 0 aliphatic rings. The minimum absolute atomic E-state index is 0. The minimum Gasteiger partial charge on any atom is -0.497 e. The molecule has 0 atom stereocenters. The third-order valence-corrected chi connectivity index (χ3v) is 3.78. The topological polar surface area (TPSA) is 64.1 Å². The number of hydrogen-bond donors (Lipinski definition) is 2. The van der Waals surface area contributed by atoms with Crippen LogP contribution < -0.4 is 24.8 Å². The van der Waals surface area contributed by atoms with E-state index in [1.54, 1.807) is 21.3 Å². The summed E-state index contributed by atoms with van der Waals surface area (Å²) in [6.45, 7) is 2.11. The predicted octanol–water partition coefficient (Wildman–Crippen LogP) is 3.46. The molecule has 0 amide bonds. The van der Waals surface area contributed by atoms with Crippen molar-refractivity contribution in [2.75, 3.05) is 34.4 Å². The molecule has 2 N–H and O–H groups in total. The Bertz CT molecular complexity index is 676. The summed E-state index contributed by atoms with van der Waals surface area (Å²) in [6, 6.07) is 15.5. The van der Waals surface area contributed by atoms with E-state index in [-0.39, 0.29) is 24.0 Å². The standard InChI is InChI=1S/C20H27N3O3.HI/c1-21-20(23-15-16-5-7-17(24-2)8-6-16)22-13-4-14-26-19-11-9-18(25-3)10-12-19;/h5-12H,4,13-15H2,1-3H3,(H2,21,22,23);1H. The number of ether oxygens (including phenoxy) is 3. The van der Waals surface area contributed by atoms with E-state index in [1.807, 2.05) is 48.5 Å². The SMILES string of the molecule is CN=C(NCCCOc1ccc(OC)cc1)NCc1ccc(OC)cc1.I. The molecular weight excluding hydrogens is 457 g/mol. The number of aliphatic imine (C=N–C) groups is 1. The Balaban J connectivity index is 0.00000364. The fourth-order valence-corrected chi connectivity index (χ4v) is 2.29. The van der Waals surface area contributed by atoms with E-state index in [0.717, 1.165) is 41.7 Å². The summed E-state index contributed by atoms with van der Waals surface area (Å²) in [5.74, 6) is 3.29. The second-order valence-corrected chi connectivity index (χ2v) is 5.58. The van der Waals surface area contributed by atoms with Crippen LogP contribution >= 0.6 is 24.0 Å². The van der Waals surface area contributed by atoms with Gasteiger partial charge < -0.3 is 24.8 Å². The molecule has 0 bridgehead atoms. The van der Waals surface area contributed by atoms with Gasteiger partial charge in [-0.05, 0) is 48.4 Å². The first-order valence-electron chi connectivity index (χ1n) is 8.59. The number of guanidine groups is 1. The molecule has 27 heavy (non-hydrogen) atoms. The van der Waals surface area contributed by atoms with Gasteiger partial charge in [-0.25, -0.2) is 0 Å². The molecule has 2 rings (SSSR count). The molecule has 0 aromatic heterocycles. The molecule has 2 aromatic rings. The van der Waals surface area contributed by atoms with E-state index >= 15 is 0 Å². The summed E-state index contributed by atoms with van der Waals surface area (Å²) in [7, 11) is 5.08. The lowest BCUT2D eigenvalue weighted by molar-refractivity contribution is 0.310. The number of benzene rings is 2. The number of nitrogens with one attached hydrogen (secondary N) is 2. The highest BCUT2D eigenvalue weighted by Crippen LogP contribution is 2.16. The molecular formula is C20H28IN3O3. The van der Waals surface area contributed by atoms with Crippen LogP contribution in [0.4, 0.5) is 0 Å². The van der Waals surface area contributed by atoms with Crippen molar-refractivity contribution >= 4 is 29.9 Å². The first kappa shape index (κ1) is 22.9. The Morgan fingerprint density at radius 1 is 0.852 bits per heavy atom. The van der Waals surface area contributed by atoms with E-state index in [1.165, 1.54) is 0 Å². The van der Waals surface area contributed by atoms with Crippen LogP contribution in [0, 0.1) is 0 Å². The molecule has 2 aromatic carbocycles. The summed E-state index contributed by atoms with van der Waals surface area (Å²) >= 11 is 0. The molecule has 6 nitrogen and oxygen atoms in total. The summed E-state index contributed by atoms with van der Waals surface area (Å²) < 4.78 is 16.0. The fourth-order valence-electron chi connectivity index (χ4n) is 2.29. The van der Waals surface area contributed by atoms with Crippen molar-refractivity contribution in [3.63, 3.8) is 0 Å². The van der Waals surface area contributed by atoms with E-state index in [4.69, 9.17) is 14.2 Å². The summed E-state index contributed by atoms with van der Waals surface area (Å²) in [5.41, 5.74) is 1.16. The van der Waals surface area contributed by atoms with Crippen LogP contribution in [0.5, 0.6) is 17.2 Å². The number of rotatable bonds is 9. The van der Waals surface area contributed by atoms with Crippen molar-refractivity contribution < 1.29 is 14.2 Å². The van der Waals surface area contributed by atoms with Gasteiger partial charge in [-0.2, -0.15) is 0 Å². The maximum absolute atomic E-state index is 5.70. The lowest BCUT2D eigenvalue weighted by Crippen LogP contribution is -2.37. The van der Waals surface area contributed by atoms with Crippen LogP contribution in [0.2, 0.25) is 0 Å². The summed E-state index contributed by atoms with van der Waals surface area (Å²) in [6.07, 6.45) is 0.870. The van der Waals surface area contributed by atoms with Crippen molar-refractivity contribution in [1.29, 1.82) is 0 Å². The minimum atomic E-state index is 0. The fraction of sp³-hybridized carbons (Fsp3) is 0.350. The quantitative estimate of drug-likeness (QED) is 0.247. The highest BCUT2D eigenvalue weighted by atomic mass is 127. The van der Waals surface area contributed by atoms with Gasteiger partial charge in [0.05, 0.1) is 20.8 Å². The van der Waals surface area contributed by atoms with Gasteiger partial charge in [-0.3, -0.25) is 4.99 Å². The van der Waals surface area contributed by atoms with Gasteiger partial charge in [0.2, 0.25) is 0 Å². The number of hydrogen-bond acceptors (Lipinski definition) is 4. The average molecular weight is 485 g/mol. The van der Waals surface area contributed by atoms with Crippen LogP contribution in [0.3, 0.4) is 0 Å². The van der Waals surface area contributed by atoms with Gasteiger partial charge in [0.1, 0.15) is 17.2 Å². The molecule has 148 valence electrons. The zero-order chi connectivity index (χ0) is 18.6. The Hall–Kier alpha value is -2.16. The van der Waals surface area contributed by atoms with Crippen molar-refractivity contribution in [1.82, 2.24) is 10.6 Å². The van der Waals surface area contributed by atoms with Crippen LogP contribution in [-0.4, -0.2) is 40.4 Å². The molecule has 0 saturated carbocycles. The monoisotopic (exact) mass is 485 g/mol. The Morgan fingerprint density at radius 3 is 1.96 bits per heavy atom. The highest BCUT2D eigenvalue weighted by Gasteiger charge is 2.00. The predicted molar refractivity (Wildman–Crippen MR) is 120 cm³/mol. The van der Waals surface area contributed by atoms with Crippen LogP contribution in [-0.2, 0) is 6.54 Å². The lowest BCUT2D eigenvalue weighted by Gasteiger charge is -2.12. The number of methoxy groups -OCH3 is 2. The number of nitrogens with zero attached hydrogens (tertiary/aromatic N) is 1. The van der Waals surface area contributed by atoms with Crippen molar-refractivity contribution in [2.24, 2.45) is 4.99 Å². The third-order valence-electron chi connectivity index (χ3n) is 3.78. The van der Waals surface area contributed by atoms with Gasteiger partial charge in [-0.15, -0.1) is 24.0 Å². The summed E-state index contributed by atoms with van der Waals surface area (Å²) in [4.78, 5) is 4.23.